The van der Waals surface area contributed by atoms with Crippen molar-refractivity contribution in [1.29, 1.82) is 0 Å². The van der Waals surface area contributed by atoms with Crippen LogP contribution in [0.4, 0.5) is 5.13 Å². The Morgan fingerprint density at radius 1 is 1.04 bits per heavy atom. The van der Waals surface area contributed by atoms with Gasteiger partial charge in [0.25, 0.3) is 11.8 Å². The summed E-state index contributed by atoms with van der Waals surface area (Å²) >= 11 is 3.76. The SMILES string of the molecule is Nc1nc(/C(=N/OC(c2ccccc2)(c2ccccc2)c2ccccc2)C(=O)NC2C(=O)N3C(C(=O)[O-])=C(SCC4COCO4)CSC23)cs1.[Na+]. The Morgan fingerprint density at radius 2 is 1.65 bits per heavy atom. The normalized spacial score (nSPS) is 20.2. The average molecular weight is 752 g/mol. The molecule has 4 aromatic rings. The van der Waals surface area contributed by atoms with Gasteiger partial charge in [-0.05, 0) is 0 Å². The quantitative estimate of drug-likeness (QED) is 0.0653. The van der Waals surface area contributed by atoms with Gasteiger partial charge >= 0.3 is 29.6 Å². The zero-order valence-corrected chi connectivity index (χ0v) is 31.7. The summed E-state index contributed by atoms with van der Waals surface area (Å²) in [5.41, 5.74) is 6.69. The first-order valence-electron chi connectivity index (χ1n) is 15.5. The Morgan fingerprint density at radius 3 is 2.16 bits per heavy atom. The molecule has 3 aliphatic rings. The molecule has 0 radical (unpaired) electrons. The van der Waals surface area contributed by atoms with E-state index in [9.17, 15) is 19.5 Å². The van der Waals surface area contributed by atoms with Crippen molar-refractivity contribution in [1.82, 2.24) is 15.2 Å². The maximum absolute atomic E-state index is 14.1. The van der Waals surface area contributed by atoms with Crippen LogP contribution in [-0.4, -0.2) is 75.8 Å². The van der Waals surface area contributed by atoms with E-state index in [2.05, 4.69) is 15.5 Å². The van der Waals surface area contributed by atoms with E-state index >= 15 is 0 Å². The number of carbonyl (C=O) groups excluding carboxylic acids is 3. The van der Waals surface area contributed by atoms with E-state index in [4.69, 9.17) is 20.0 Å². The van der Waals surface area contributed by atoms with E-state index < -0.39 is 34.8 Å². The van der Waals surface area contributed by atoms with E-state index in [1.807, 2.05) is 91.0 Å². The van der Waals surface area contributed by atoms with E-state index in [1.165, 1.54) is 28.4 Å². The number of carboxylic acids is 1. The Kier molecular flexibility index (Phi) is 11.9. The van der Waals surface area contributed by atoms with Crippen molar-refractivity contribution >= 4 is 63.5 Å². The Balaban J connectivity index is 0.00000448. The summed E-state index contributed by atoms with van der Waals surface area (Å²) in [7, 11) is 0. The molecule has 2 fully saturated rings. The molecule has 3 aromatic carbocycles. The number of benzene rings is 3. The number of fused-ring (bicyclic) bond motifs is 1. The van der Waals surface area contributed by atoms with Crippen LogP contribution in [0.25, 0.3) is 0 Å². The fourth-order valence-corrected chi connectivity index (χ4v) is 9.13. The molecule has 0 bridgehead atoms. The van der Waals surface area contributed by atoms with Crippen molar-refractivity contribution in [3.8, 4) is 0 Å². The van der Waals surface area contributed by atoms with Gasteiger partial charge in [-0.2, -0.15) is 0 Å². The molecule has 3 aliphatic heterocycles. The first-order chi connectivity index (χ1) is 24.4. The molecule has 2 amide bonds. The fraction of sp³-hybridized carbons (Fsp3) is 0.229. The Labute approximate surface area is 328 Å². The van der Waals surface area contributed by atoms with Crippen LogP contribution in [-0.2, 0) is 34.3 Å². The van der Waals surface area contributed by atoms with E-state index in [-0.39, 0.29) is 64.7 Å². The number of hydrogen-bond donors (Lipinski definition) is 2. The minimum Gasteiger partial charge on any atom is -0.543 e. The third kappa shape index (κ3) is 7.48. The van der Waals surface area contributed by atoms with Gasteiger partial charge in [-0.25, -0.2) is 4.98 Å². The first kappa shape index (κ1) is 37.1. The number of thiazole rings is 1. The standard InChI is InChI=1S/C35H31N5O7S3.Na/c36-34-37-25(18-50-34)27(39-47-35(21-10-4-1-5-11-21,22-12-6-2-7-13-22)23-14-8-3-9-15-23)30(41)38-28-31(42)40-29(33(43)44)26(19-49-32(28)40)48-17-24-16-45-20-46-24;/h1-15,18,24,28,32H,16-17,19-20H2,(H2,36,37)(H,38,41)(H,43,44);/q;+1/p-1/b39-27-;. The molecular formula is C35H30N5NaO7S3. The summed E-state index contributed by atoms with van der Waals surface area (Å²) in [6, 6.07) is 27.5. The number of thioether (sulfide) groups is 2. The second-order valence-corrected chi connectivity index (χ2v) is 14.5. The number of nitrogens with zero attached hydrogens (tertiary/aromatic N) is 3. The minimum absolute atomic E-state index is 0. The summed E-state index contributed by atoms with van der Waals surface area (Å²) in [5.74, 6) is -2.02. The smallest absolute Gasteiger partial charge is 0.543 e. The Bertz CT molecular complexity index is 1850. The van der Waals surface area contributed by atoms with Crippen molar-refractivity contribution in [2.45, 2.75) is 23.1 Å². The van der Waals surface area contributed by atoms with Crippen LogP contribution in [0.2, 0.25) is 0 Å². The van der Waals surface area contributed by atoms with Crippen LogP contribution in [0.1, 0.15) is 22.4 Å². The number of carboxylic acid groups (broad SMARTS) is 1. The van der Waals surface area contributed by atoms with Crippen molar-refractivity contribution < 1.29 is 63.4 Å². The van der Waals surface area contributed by atoms with Crippen molar-refractivity contribution in [3.63, 3.8) is 0 Å². The van der Waals surface area contributed by atoms with Gasteiger partial charge in [0, 0.05) is 38.5 Å². The topological polar surface area (TPSA) is 168 Å². The number of nitrogens with one attached hydrogen (secondary N) is 1. The van der Waals surface area contributed by atoms with Crippen molar-refractivity contribution in [2.75, 3.05) is 30.6 Å². The van der Waals surface area contributed by atoms with Gasteiger partial charge in [-0.15, -0.1) is 34.9 Å². The van der Waals surface area contributed by atoms with Crippen LogP contribution in [0, 0.1) is 0 Å². The number of nitrogen functional groups attached to an aromatic ring is 1. The second-order valence-electron chi connectivity index (χ2n) is 11.4. The predicted octanol–water partition coefficient (Wildman–Crippen LogP) is -0.0904. The maximum Gasteiger partial charge on any atom is 1.00 e. The Hall–Kier alpha value is -3.67. The van der Waals surface area contributed by atoms with Gasteiger partial charge in [0.15, 0.2) is 10.8 Å². The second kappa shape index (κ2) is 16.3. The van der Waals surface area contributed by atoms with Gasteiger partial charge in [0.2, 0.25) is 5.60 Å². The summed E-state index contributed by atoms with van der Waals surface area (Å²) in [6.45, 7) is 0.602. The molecule has 51 heavy (non-hydrogen) atoms. The van der Waals surface area contributed by atoms with Crippen LogP contribution < -0.4 is 45.7 Å². The summed E-state index contributed by atoms with van der Waals surface area (Å²) in [5, 5.41) is 20.6. The number of aromatic nitrogens is 1. The number of aliphatic carboxylic acids is 1. The molecule has 3 atom stereocenters. The molecule has 16 heteroatoms. The molecule has 1 aromatic heterocycles. The molecule has 0 spiro atoms. The van der Waals surface area contributed by atoms with E-state index in [1.54, 1.807) is 5.38 Å². The van der Waals surface area contributed by atoms with Gasteiger partial charge in [-0.3, -0.25) is 14.5 Å². The molecule has 0 aliphatic carbocycles. The van der Waals surface area contributed by atoms with Crippen LogP contribution in [0.5, 0.6) is 0 Å². The molecule has 4 heterocycles. The summed E-state index contributed by atoms with van der Waals surface area (Å²) in [6.07, 6.45) is -0.179. The number of ether oxygens (including phenoxy) is 2. The number of oxime groups is 1. The molecule has 3 N–H and O–H groups in total. The van der Waals surface area contributed by atoms with E-state index in [0.29, 0.717) is 23.0 Å². The third-order valence-electron chi connectivity index (χ3n) is 8.34. The maximum atomic E-state index is 14.1. The van der Waals surface area contributed by atoms with Gasteiger partial charge in [0.05, 0.1) is 24.4 Å². The molecule has 7 rings (SSSR count). The first-order valence-corrected chi connectivity index (χ1v) is 18.4. The number of rotatable bonds is 12. The number of hydrogen-bond acceptors (Lipinski definition) is 13. The largest absolute Gasteiger partial charge is 1.00 e. The monoisotopic (exact) mass is 751 g/mol. The third-order valence-corrected chi connectivity index (χ3v) is 11.7. The molecule has 12 nitrogen and oxygen atoms in total. The fourth-order valence-electron chi connectivity index (χ4n) is 5.95. The average Bonchev–Trinajstić information content (AvgIpc) is 3.84. The summed E-state index contributed by atoms with van der Waals surface area (Å²) in [4.78, 5) is 52.4. The number of nitrogens with two attached hydrogens (primary N) is 1. The number of amides is 2. The van der Waals surface area contributed by atoms with Crippen molar-refractivity contribution in [3.05, 3.63) is 129 Å². The van der Waals surface area contributed by atoms with Crippen LogP contribution in [0.15, 0.2) is 112 Å². The molecule has 256 valence electrons. The van der Waals surface area contributed by atoms with Gasteiger partial charge in [0.1, 0.15) is 23.9 Å². The zero-order chi connectivity index (χ0) is 34.7. The van der Waals surface area contributed by atoms with Crippen molar-refractivity contribution in [2.24, 2.45) is 5.16 Å². The number of anilines is 1. The molecular weight excluding hydrogens is 722 g/mol. The van der Waals surface area contributed by atoms with Crippen LogP contribution >= 0.6 is 34.9 Å². The van der Waals surface area contributed by atoms with Gasteiger partial charge < -0.3 is 35.3 Å². The number of carbonyl (C=O) groups is 3. The predicted molar refractivity (Wildman–Crippen MR) is 189 cm³/mol. The molecule has 0 saturated carbocycles. The minimum atomic E-state index is -1.47. The zero-order valence-electron chi connectivity index (χ0n) is 27.3. The van der Waals surface area contributed by atoms with E-state index in [0.717, 1.165) is 28.0 Å². The molecule has 2 saturated heterocycles. The van der Waals surface area contributed by atoms with Gasteiger partial charge in [-0.1, -0.05) is 96.2 Å². The van der Waals surface area contributed by atoms with Crippen LogP contribution in [0.3, 0.4) is 0 Å². The molecule has 3 unspecified atom stereocenters. The summed E-state index contributed by atoms with van der Waals surface area (Å²) < 4.78 is 10.7. The number of β-lactam (4-membered cyclic amide) rings is 1.